The molecule has 5 nitrogen and oxygen atoms in total. The van der Waals surface area contributed by atoms with Gasteiger partial charge in [0.2, 0.25) is 0 Å². The third-order valence-electron chi connectivity index (χ3n) is 3.40. The summed E-state index contributed by atoms with van der Waals surface area (Å²) in [5.41, 5.74) is 0.727. The van der Waals surface area contributed by atoms with Crippen molar-refractivity contribution in [2.45, 2.75) is 19.9 Å². The second-order valence-electron chi connectivity index (χ2n) is 5.30. The standard InChI is InChI=1S/C16H17NO4S2/c1-9(2)13(15(19)20)17-14(18)12(23-16(17)22)8-10-6-4-5-7-11(10)21-3/h4-9,13H,1-3H3,(H,19,20)/p-1/b12-8-/t13-/m1/s1. The second kappa shape index (κ2) is 7.14. The van der Waals surface area contributed by atoms with E-state index in [1.165, 1.54) is 0 Å². The Labute approximate surface area is 144 Å². The molecule has 0 bridgehead atoms. The number of amides is 1. The molecule has 1 aliphatic rings. The van der Waals surface area contributed by atoms with Crippen LogP contribution in [0.15, 0.2) is 29.2 Å². The zero-order chi connectivity index (χ0) is 17.1. The van der Waals surface area contributed by atoms with Crippen molar-refractivity contribution in [1.82, 2.24) is 4.90 Å². The third-order valence-corrected chi connectivity index (χ3v) is 4.73. The average Bonchev–Trinajstić information content (AvgIpc) is 2.75. The number of rotatable bonds is 5. The van der Waals surface area contributed by atoms with E-state index in [2.05, 4.69) is 0 Å². The molecule has 0 radical (unpaired) electrons. The molecular formula is C16H16NO4S2-. The maximum absolute atomic E-state index is 12.6. The van der Waals surface area contributed by atoms with Gasteiger partial charge in [0.25, 0.3) is 5.91 Å². The van der Waals surface area contributed by atoms with Crippen LogP contribution in [0.25, 0.3) is 6.08 Å². The SMILES string of the molecule is COc1ccccc1/C=C1\SC(=S)N([C@@H](C(=O)[O-])C(C)C)C1=O. The number of hydrogen-bond acceptors (Lipinski definition) is 6. The smallest absolute Gasteiger partial charge is 0.266 e. The molecule has 0 saturated carbocycles. The van der Waals surface area contributed by atoms with Crippen molar-refractivity contribution in [3.63, 3.8) is 0 Å². The molecule has 1 atom stereocenters. The lowest BCUT2D eigenvalue weighted by atomic mass is 10.0. The third kappa shape index (κ3) is 3.56. The van der Waals surface area contributed by atoms with Crippen molar-refractivity contribution < 1.29 is 19.4 Å². The zero-order valence-electron chi connectivity index (χ0n) is 12.9. The summed E-state index contributed by atoms with van der Waals surface area (Å²) in [5, 5.41) is 11.4. The largest absolute Gasteiger partial charge is 0.548 e. The maximum Gasteiger partial charge on any atom is 0.266 e. The summed E-state index contributed by atoms with van der Waals surface area (Å²) in [6.45, 7) is 3.42. The van der Waals surface area contributed by atoms with E-state index in [0.717, 1.165) is 22.2 Å². The minimum Gasteiger partial charge on any atom is -0.548 e. The number of benzene rings is 1. The molecule has 1 aliphatic heterocycles. The number of carboxylic acid groups (broad SMARTS) is 1. The van der Waals surface area contributed by atoms with Crippen LogP contribution in [0.1, 0.15) is 19.4 Å². The van der Waals surface area contributed by atoms with Gasteiger partial charge in [0.1, 0.15) is 10.1 Å². The highest BCUT2D eigenvalue weighted by Crippen LogP contribution is 2.36. The predicted octanol–water partition coefficient (Wildman–Crippen LogP) is 1.67. The molecule has 0 spiro atoms. The van der Waals surface area contributed by atoms with Crippen LogP contribution in [0.3, 0.4) is 0 Å². The Bertz CT molecular complexity index is 684. The molecule has 1 aromatic rings. The number of hydrogen-bond donors (Lipinski definition) is 0. The van der Waals surface area contributed by atoms with Gasteiger partial charge in [-0.2, -0.15) is 0 Å². The molecule has 1 fully saturated rings. The van der Waals surface area contributed by atoms with Crippen LogP contribution in [0.5, 0.6) is 5.75 Å². The fraction of sp³-hybridized carbons (Fsp3) is 0.312. The van der Waals surface area contributed by atoms with Crippen molar-refractivity contribution >= 4 is 46.3 Å². The number of carboxylic acids is 1. The lowest BCUT2D eigenvalue weighted by Gasteiger charge is -2.30. The number of thiocarbonyl (C=S) groups is 1. The topological polar surface area (TPSA) is 69.7 Å². The molecule has 7 heteroatoms. The maximum atomic E-state index is 12.6. The highest BCUT2D eigenvalue weighted by atomic mass is 32.2. The first kappa shape index (κ1) is 17.5. The van der Waals surface area contributed by atoms with E-state index in [4.69, 9.17) is 17.0 Å². The first-order valence-corrected chi connectivity index (χ1v) is 8.20. The van der Waals surface area contributed by atoms with E-state index in [-0.39, 0.29) is 10.2 Å². The van der Waals surface area contributed by atoms with Crippen LogP contribution >= 0.6 is 24.0 Å². The Balaban J connectivity index is 2.38. The molecule has 1 aromatic carbocycles. The van der Waals surface area contributed by atoms with Crippen LogP contribution in [0.4, 0.5) is 0 Å². The molecule has 0 unspecified atom stereocenters. The first-order chi connectivity index (χ1) is 10.9. The van der Waals surface area contributed by atoms with Crippen molar-refractivity contribution in [2.75, 3.05) is 7.11 Å². The van der Waals surface area contributed by atoms with Gasteiger partial charge >= 0.3 is 0 Å². The number of ether oxygens (including phenoxy) is 1. The Hall–Kier alpha value is -1.86. The van der Waals surface area contributed by atoms with Crippen LogP contribution < -0.4 is 9.84 Å². The lowest BCUT2D eigenvalue weighted by molar-refractivity contribution is -0.311. The van der Waals surface area contributed by atoms with Gasteiger partial charge in [-0.1, -0.05) is 56.0 Å². The van der Waals surface area contributed by atoms with E-state index in [0.29, 0.717) is 10.7 Å². The predicted molar refractivity (Wildman–Crippen MR) is 91.6 cm³/mol. The Kier molecular flexibility index (Phi) is 5.43. The molecule has 0 aromatic heterocycles. The number of thioether (sulfide) groups is 1. The zero-order valence-corrected chi connectivity index (χ0v) is 14.6. The van der Waals surface area contributed by atoms with Gasteiger partial charge < -0.3 is 14.6 Å². The van der Waals surface area contributed by atoms with Crippen LogP contribution in [-0.4, -0.2) is 34.2 Å². The number of aliphatic carboxylic acids is 1. The number of carbonyl (C=O) groups is 2. The van der Waals surface area contributed by atoms with Crippen molar-refractivity contribution in [1.29, 1.82) is 0 Å². The average molecular weight is 350 g/mol. The van der Waals surface area contributed by atoms with E-state index >= 15 is 0 Å². The molecule has 23 heavy (non-hydrogen) atoms. The van der Waals surface area contributed by atoms with Crippen molar-refractivity contribution in [3.8, 4) is 5.75 Å². The Morgan fingerprint density at radius 2 is 2.04 bits per heavy atom. The summed E-state index contributed by atoms with van der Waals surface area (Å²) >= 11 is 6.27. The quantitative estimate of drug-likeness (QED) is 0.594. The number of methoxy groups -OCH3 is 1. The molecular weight excluding hydrogens is 334 g/mol. The molecule has 122 valence electrons. The van der Waals surface area contributed by atoms with Crippen LogP contribution in [0.2, 0.25) is 0 Å². The fourth-order valence-corrected chi connectivity index (χ4v) is 3.64. The normalized spacial score (nSPS) is 17.9. The van der Waals surface area contributed by atoms with E-state index in [1.807, 2.05) is 18.2 Å². The van der Waals surface area contributed by atoms with Gasteiger partial charge in [-0.25, -0.2) is 0 Å². The molecule has 0 N–H and O–H groups in total. The summed E-state index contributed by atoms with van der Waals surface area (Å²) in [5.74, 6) is -1.42. The van der Waals surface area contributed by atoms with Gasteiger partial charge in [0.15, 0.2) is 0 Å². The van der Waals surface area contributed by atoms with Crippen LogP contribution in [-0.2, 0) is 9.59 Å². The van der Waals surface area contributed by atoms with Gasteiger partial charge in [-0.05, 0) is 18.1 Å². The summed E-state index contributed by atoms with van der Waals surface area (Å²) in [6, 6.07) is 6.17. The highest BCUT2D eigenvalue weighted by Gasteiger charge is 2.39. The minimum atomic E-state index is -1.31. The fourth-order valence-electron chi connectivity index (χ4n) is 2.32. The molecule has 0 aliphatic carbocycles. The van der Waals surface area contributed by atoms with Crippen molar-refractivity contribution in [3.05, 3.63) is 34.7 Å². The first-order valence-electron chi connectivity index (χ1n) is 6.97. The molecule has 1 saturated heterocycles. The Morgan fingerprint density at radius 1 is 1.39 bits per heavy atom. The van der Waals surface area contributed by atoms with Gasteiger partial charge in [0.05, 0.1) is 24.0 Å². The molecule has 1 heterocycles. The van der Waals surface area contributed by atoms with Gasteiger partial charge in [-0.3, -0.25) is 9.69 Å². The summed E-state index contributed by atoms with van der Waals surface area (Å²) in [6.07, 6.45) is 1.66. The second-order valence-corrected chi connectivity index (χ2v) is 6.98. The van der Waals surface area contributed by atoms with Crippen LogP contribution in [0, 0.1) is 5.92 Å². The highest BCUT2D eigenvalue weighted by molar-refractivity contribution is 8.26. The number of nitrogens with zero attached hydrogens (tertiary/aromatic N) is 1. The van der Waals surface area contributed by atoms with E-state index in [1.54, 1.807) is 33.1 Å². The van der Waals surface area contributed by atoms with Gasteiger partial charge in [0, 0.05) is 5.56 Å². The summed E-state index contributed by atoms with van der Waals surface area (Å²) in [7, 11) is 1.54. The monoisotopic (exact) mass is 350 g/mol. The summed E-state index contributed by atoms with van der Waals surface area (Å²) in [4.78, 5) is 25.5. The number of para-hydroxylation sites is 1. The molecule has 1 amide bonds. The minimum absolute atomic E-state index is 0.221. The lowest BCUT2D eigenvalue weighted by Crippen LogP contribution is -2.52. The molecule has 2 rings (SSSR count). The summed E-state index contributed by atoms with van der Waals surface area (Å²) < 4.78 is 5.47. The van der Waals surface area contributed by atoms with E-state index in [9.17, 15) is 14.7 Å². The van der Waals surface area contributed by atoms with E-state index < -0.39 is 17.9 Å². The van der Waals surface area contributed by atoms with Crippen molar-refractivity contribution in [2.24, 2.45) is 5.92 Å². The van der Waals surface area contributed by atoms with Gasteiger partial charge in [-0.15, -0.1) is 0 Å². The Morgan fingerprint density at radius 3 is 2.61 bits per heavy atom. The number of carbonyl (C=O) groups excluding carboxylic acids is 2.